The Morgan fingerprint density at radius 3 is 2.38 bits per heavy atom. The van der Waals surface area contributed by atoms with Gasteiger partial charge in [-0.05, 0) is 49.4 Å². The predicted octanol–water partition coefficient (Wildman–Crippen LogP) is 5.07. The first-order chi connectivity index (χ1) is 15.6. The van der Waals surface area contributed by atoms with Crippen LogP contribution < -0.4 is 5.32 Å². The molecule has 1 N–H and O–H groups in total. The Labute approximate surface area is 189 Å². The summed E-state index contributed by atoms with van der Waals surface area (Å²) in [5.41, 5.74) is 3.03. The molecule has 166 valence electrons. The maximum absolute atomic E-state index is 13.6. The number of aryl methyl sites for hydroxylation is 1. The van der Waals surface area contributed by atoms with Crippen LogP contribution in [0.15, 0.2) is 77.4 Å². The normalized spacial score (nSPS) is 14.8. The molecule has 1 aliphatic rings. The number of benzene rings is 2. The monoisotopic (exact) mass is 430 g/mol. The van der Waals surface area contributed by atoms with Crippen LogP contribution in [-0.4, -0.2) is 29.3 Å². The predicted molar refractivity (Wildman–Crippen MR) is 124 cm³/mol. The Kier molecular flexibility index (Phi) is 7.05. The average molecular weight is 431 g/mol. The minimum atomic E-state index is -0.725. The lowest BCUT2D eigenvalue weighted by atomic mass is 10.0. The van der Waals surface area contributed by atoms with Gasteiger partial charge in [0.05, 0.1) is 6.26 Å². The van der Waals surface area contributed by atoms with Crippen molar-refractivity contribution in [3.05, 3.63) is 95.4 Å². The Morgan fingerprint density at radius 2 is 1.72 bits per heavy atom. The molecule has 1 heterocycles. The molecular weight excluding hydrogens is 400 g/mol. The molecule has 0 aliphatic heterocycles. The summed E-state index contributed by atoms with van der Waals surface area (Å²) in [7, 11) is 0. The van der Waals surface area contributed by atoms with Crippen molar-refractivity contribution < 1.29 is 14.0 Å². The van der Waals surface area contributed by atoms with Gasteiger partial charge in [-0.25, -0.2) is 0 Å². The van der Waals surface area contributed by atoms with Gasteiger partial charge in [0.1, 0.15) is 6.04 Å². The molecule has 1 saturated carbocycles. The van der Waals surface area contributed by atoms with Crippen LogP contribution in [0.2, 0.25) is 0 Å². The minimum Gasteiger partial charge on any atom is -0.459 e. The van der Waals surface area contributed by atoms with Crippen molar-refractivity contribution >= 4 is 11.8 Å². The Bertz CT molecular complexity index is 1010. The van der Waals surface area contributed by atoms with E-state index < -0.39 is 6.04 Å². The lowest BCUT2D eigenvalue weighted by molar-refractivity contribution is -0.126. The molecular formula is C27H30N2O3. The van der Waals surface area contributed by atoms with Crippen LogP contribution in [-0.2, 0) is 11.2 Å². The van der Waals surface area contributed by atoms with Gasteiger partial charge >= 0.3 is 0 Å². The molecule has 1 aliphatic carbocycles. The number of carbonyl (C=O) groups is 2. The Morgan fingerprint density at radius 1 is 1.00 bits per heavy atom. The van der Waals surface area contributed by atoms with Crippen molar-refractivity contribution in [3.63, 3.8) is 0 Å². The van der Waals surface area contributed by atoms with Crippen LogP contribution in [0, 0.1) is 6.92 Å². The van der Waals surface area contributed by atoms with Crippen LogP contribution in [0.4, 0.5) is 0 Å². The van der Waals surface area contributed by atoms with Gasteiger partial charge in [-0.15, -0.1) is 0 Å². The molecule has 4 rings (SSSR count). The van der Waals surface area contributed by atoms with Crippen LogP contribution in [0.5, 0.6) is 0 Å². The number of carbonyl (C=O) groups excluding carboxylic acids is 2. The SMILES string of the molecule is Cc1ccc([C@H](C(=O)NC2CCCC2)N(CCc2ccccc2)C(=O)c2ccco2)cc1. The van der Waals surface area contributed by atoms with Crippen molar-refractivity contribution in [1.29, 1.82) is 0 Å². The molecule has 3 aromatic rings. The topological polar surface area (TPSA) is 62.6 Å². The van der Waals surface area contributed by atoms with Crippen LogP contribution >= 0.6 is 0 Å². The maximum atomic E-state index is 13.6. The number of hydrogen-bond donors (Lipinski definition) is 1. The summed E-state index contributed by atoms with van der Waals surface area (Å²) in [5, 5.41) is 3.21. The van der Waals surface area contributed by atoms with E-state index in [0.717, 1.165) is 42.4 Å². The van der Waals surface area contributed by atoms with Gasteiger partial charge in [0, 0.05) is 12.6 Å². The van der Waals surface area contributed by atoms with Crippen LogP contribution in [0.25, 0.3) is 0 Å². The van der Waals surface area contributed by atoms with Gasteiger partial charge < -0.3 is 14.6 Å². The van der Waals surface area contributed by atoms with Gasteiger partial charge in [0.15, 0.2) is 5.76 Å². The molecule has 32 heavy (non-hydrogen) atoms. The first kappa shape index (κ1) is 21.9. The van der Waals surface area contributed by atoms with Crippen molar-refractivity contribution in [2.45, 2.75) is 51.1 Å². The lowest BCUT2D eigenvalue weighted by Gasteiger charge is -2.32. The van der Waals surface area contributed by atoms with E-state index >= 15 is 0 Å². The zero-order valence-corrected chi connectivity index (χ0v) is 18.5. The summed E-state index contributed by atoms with van der Waals surface area (Å²) in [6.45, 7) is 2.42. The molecule has 5 heteroatoms. The number of nitrogens with one attached hydrogen (secondary N) is 1. The summed E-state index contributed by atoms with van der Waals surface area (Å²) in [4.78, 5) is 28.7. The highest BCUT2D eigenvalue weighted by atomic mass is 16.3. The molecule has 0 bridgehead atoms. The summed E-state index contributed by atoms with van der Waals surface area (Å²) in [6.07, 6.45) is 6.37. The first-order valence-electron chi connectivity index (χ1n) is 11.4. The quantitative estimate of drug-likeness (QED) is 0.542. The second kappa shape index (κ2) is 10.3. The van der Waals surface area contributed by atoms with E-state index in [1.54, 1.807) is 17.0 Å². The second-order valence-electron chi connectivity index (χ2n) is 8.51. The third-order valence-corrected chi connectivity index (χ3v) is 6.13. The highest BCUT2D eigenvalue weighted by Gasteiger charge is 2.34. The van der Waals surface area contributed by atoms with E-state index in [4.69, 9.17) is 4.42 Å². The molecule has 0 spiro atoms. The number of rotatable bonds is 8. The summed E-state index contributed by atoms with van der Waals surface area (Å²) >= 11 is 0. The average Bonchev–Trinajstić information content (AvgIpc) is 3.52. The zero-order chi connectivity index (χ0) is 22.3. The van der Waals surface area contributed by atoms with Crippen molar-refractivity contribution in [1.82, 2.24) is 10.2 Å². The Balaban J connectivity index is 1.67. The number of amides is 2. The molecule has 5 nitrogen and oxygen atoms in total. The zero-order valence-electron chi connectivity index (χ0n) is 18.5. The third kappa shape index (κ3) is 5.28. The summed E-state index contributed by atoms with van der Waals surface area (Å²) < 4.78 is 5.42. The van der Waals surface area contributed by atoms with Gasteiger partial charge in [0.2, 0.25) is 5.91 Å². The van der Waals surface area contributed by atoms with E-state index in [1.165, 1.54) is 6.26 Å². The maximum Gasteiger partial charge on any atom is 0.290 e. The summed E-state index contributed by atoms with van der Waals surface area (Å²) in [5.74, 6) is -0.171. The van der Waals surface area contributed by atoms with Crippen molar-refractivity contribution in [2.75, 3.05) is 6.54 Å². The fraction of sp³-hybridized carbons (Fsp3) is 0.333. The molecule has 1 fully saturated rings. The number of hydrogen-bond acceptors (Lipinski definition) is 3. The fourth-order valence-corrected chi connectivity index (χ4v) is 4.36. The number of furan rings is 1. The Hall–Kier alpha value is -3.34. The molecule has 1 atom stereocenters. The smallest absolute Gasteiger partial charge is 0.290 e. The van der Waals surface area contributed by atoms with E-state index in [-0.39, 0.29) is 23.6 Å². The third-order valence-electron chi connectivity index (χ3n) is 6.13. The standard InChI is InChI=1S/C27H30N2O3/c1-20-13-15-22(16-14-20)25(26(30)28-23-10-5-6-11-23)29(27(31)24-12-7-19-32-24)18-17-21-8-3-2-4-9-21/h2-4,7-9,12-16,19,23,25H,5-6,10-11,17-18H2,1H3,(H,28,30)/t25-/m1/s1. The minimum absolute atomic E-state index is 0.131. The van der Waals surface area contributed by atoms with E-state index in [9.17, 15) is 9.59 Å². The highest BCUT2D eigenvalue weighted by molar-refractivity contribution is 5.96. The second-order valence-corrected chi connectivity index (χ2v) is 8.51. The molecule has 0 unspecified atom stereocenters. The molecule has 1 aromatic heterocycles. The van der Waals surface area contributed by atoms with Gasteiger partial charge in [0.25, 0.3) is 5.91 Å². The van der Waals surface area contributed by atoms with E-state index in [0.29, 0.717) is 13.0 Å². The van der Waals surface area contributed by atoms with Crippen molar-refractivity contribution in [3.8, 4) is 0 Å². The highest BCUT2D eigenvalue weighted by Crippen LogP contribution is 2.26. The van der Waals surface area contributed by atoms with E-state index in [1.807, 2.05) is 61.5 Å². The van der Waals surface area contributed by atoms with Gasteiger partial charge in [-0.2, -0.15) is 0 Å². The molecule has 0 saturated heterocycles. The van der Waals surface area contributed by atoms with Gasteiger partial charge in [-0.3, -0.25) is 9.59 Å². The fourth-order valence-electron chi connectivity index (χ4n) is 4.36. The van der Waals surface area contributed by atoms with Gasteiger partial charge in [-0.1, -0.05) is 73.0 Å². The summed E-state index contributed by atoms with van der Waals surface area (Å²) in [6, 6.07) is 20.7. The number of nitrogens with zero attached hydrogens (tertiary/aromatic N) is 1. The first-order valence-corrected chi connectivity index (χ1v) is 11.4. The molecule has 2 aromatic carbocycles. The van der Waals surface area contributed by atoms with Crippen LogP contribution in [0.3, 0.4) is 0 Å². The molecule has 2 amide bonds. The van der Waals surface area contributed by atoms with E-state index in [2.05, 4.69) is 5.32 Å². The van der Waals surface area contributed by atoms with Crippen molar-refractivity contribution in [2.24, 2.45) is 0 Å². The van der Waals surface area contributed by atoms with Crippen LogP contribution in [0.1, 0.15) is 59.0 Å². The lowest BCUT2D eigenvalue weighted by Crippen LogP contribution is -2.46. The largest absolute Gasteiger partial charge is 0.459 e. The molecule has 0 radical (unpaired) electrons.